The summed E-state index contributed by atoms with van der Waals surface area (Å²) in [4.78, 5) is 11.1. The van der Waals surface area contributed by atoms with Crippen molar-refractivity contribution in [3.05, 3.63) is 29.3 Å². The Bertz CT molecular complexity index is 442. The lowest BCUT2D eigenvalue weighted by molar-refractivity contribution is -0.274. The van der Waals surface area contributed by atoms with Crippen molar-refractivity contribution in [2.75, 3.05) is 0 Å². The van der Waals surface area contributed by atoms with Crippen LogP contribution in [0.2, 0.25) is 0 Å². The van der Waals surface area contributed by atoms with E-state index in [0.29, 0.717) is 11.1 Å². The molecule has 1 atom stereocenters. The van der Waals surface area contributed by atoms with Crippen LogP contribution in [0.3, 0.4) is 0 Å². The third-order valence-electron chi connectivity index (χ3n) is 2.29. The van der Waals surface area contributed by atoms with E-state index >= 15 is 0 Å². The maximum atomic E-state index is 12.1. The Morgan fingerprint density at radius 2 is 2.06 bits per heavy atom. The van der Waals surface area contributed by atoms with Crippen molar-refractivity contribution in [3.63, 3.8) is 0 Å². The first-order valence-corrected chi connectivity index (χ1v) is 5.36. The predicted molar refractivity (Wildman–Crippen MR) is 53.9 cm³/mol. The van der Waals surface area contributed by atoms with Crippen LogP contribution in [0.5, 0.6) is 5.75 Å². The van der Waals surface area contributed by atoms with E-state index in [0.717, 1.165) is 0 Å². The van der Waals surface area contributed by atoms with E-state index in [1.807, 2.05) is 0 Å². The third-order valence-corrected chi connectivity index (χ3v) is 3.03. The van der Waals surface area contributed by atoms with Crippen molar-refractivity contribution in [3.8, 4) is 5.75 Å². The average Bonchev–Trinajstić information content (AvgIpc) is 2.43. The van der Waals surface area contributed by atoms with Crippen LogP contribution in [-0.4, -0.2) is 17.0 Å². The third kappa shape index (κ3) is 2.07. The van der Waals surface area contributed by atoms with Crippen molar-refractivity contribution in [2.45, 2.75) is 17.6 Å². The molecule has 1 aliphatic rings. The fourth-order valence-electron chi connectivity index (χ4n) is 1.67. The quantitative estimate of drug-likeness (QED) is 0.744. The van der Waals surface area contributed by atoms with Gasteiger partial charge in [0, 0.05) is 11.1 Å². The van der Waals surface area contributed by atoms with Crippen molar-refractivity contribution in [2.24, 2.45) is 0 Å². The van der Waals surface area contributed by atoms with E-state index in [9.17, 15) is 18.0 Å². The highest BCUT2D eigenvalue weighted by Crippen LogP contribution is 2.35. The normalized spacial score (nSPS) is 19.8. The standard InChI is InChI=1S/C10H6BrF3O2/c11-7-4-6-5(9(7)15)2-1-3-8(6)16-10(12,13)14/h1-3,7H,4H2. The van der Waals surface area contributed by atoms with Crippen LogP contribution >= 0.6 is 15.9 Å². The number of ketones is 1. The van der Waals surface area contributed by atoms with Crippen molar-refractivity contribution < 1.29 is 22.7 Å². The van der Waals surface area contributed by atoms with Crippen LogP contribution < -0.4 is 4.74 Å². The molecule has 2 rings (SSSR count). The molecule has 86 valence electrons. The van der Waals surface area contributed by atoms with E-state index in [1.54, 1.807) is 0 Å². The number of rotatable bonds is 1. The molecule has 2 nitrogen and oxygen atoms in total. The molecule has 1 aromatic carbocycles. The number of carbonyl (C=O) groups is 1. The van der Waals surface area contributed by atoms with Gasteiger partial charge in [-0.1, -0.05) is 28.1 Å². The number of benzene rings is 1. The lowest BCUT2D eigenvalue weighted by Crippen LogP contribution is -2.18. The van der Waals surface area contributed by atoms with Crippen LogP contribution in [0.1, 0.15) is 15.9 Å². The molecule has 0 fully saturated rings. The van der Waals surface area contributed by atoms with Gasteiger partial charge in [-0.05, 0) is 12.5 Å². The monoisotopic (exact) mass is 294 g/mol. The second-order valence-electron chi connectivity index (χ2n) is 3.37. The minimum absolute atomic E-state index is 0.206. The van der Waals surface area contributed by atoms with Gasteiger partial charge in [0.2, 0.25) is 0 Å². The topological polar surface area (TPSA) is 26.3 Å². The van der Waals surface area contributed by atoms with Gasteiger partial charge in [-0.2, -0.15) is 0 Å². The highest BCUT2D eigenvalue weighted by Gasteiger charge is 2.36. The molecule has 6 heteroatoms. The van der Waals surface area contributed by atoms with E-state index in [4.69, 9.17) is 0 Å². The summed E-state index contributed by atoms with van der Waals surface area (Å²) in [6.45, 7) is 0. The highest BCUT2D eigenvalue weighted by molar-refractivity contribution is 9.10. The number of hydrogen-bond acceptors (Lipinski definition) is 2. The van der Waals surface area contributed by atoms with Crippen LogP contribution in [-0.2, 0) is 6.42 Å². The molecule has 0 heterocycles. The number of alkyl halides is 4. The molecule has 1 unspecified atom stereocenters. The largest absolute Gasteiger partial charge is 0.573 e. The summed E-state index contributed by atoms with van der Waals surface area (Å²) in [7, 11) is 0. The lowest BCUT2D eigenvalue weighted by atomic mass is 10.1. The number of hydrogen-bond donors (Lipinski definition) is 0. The molecular formula is C10H6BrF3O2. The SMILES string of the molecule is O=C1c2cccc(OC(F)(F)F)c2CC1Br. The van der Waals surface area contributed by atoms with Crippen LogP contribution in [0.25, 0.3) is 0 Å². The van der Waals surface area contributed by atoms with Crippen LogP contribution in [0.15, 0.2) is 18.2 Å². The van der Waals surface area contributed by atoms with Gasteiger partial charge in [-0.15, -0.1) is 13.2 Å². The van der Waals surface area contributed by atoms with Crippen molar-refractivity contribution in [1.29, 1.82) is 0 Å². The zero-order chi connectivity index (χ0) is 11.9. The molecule has 0 saturated carbocycles. The Balaban J connectivity index is 2.40. The number of carbonyl (C=O) groups excluding carboxylic acids is 1. The molecule has 0 bridgehead atoms. The average molecular weight is 295 g/mol. The number of ether oxygens (including phenoxy) is 1. The molecular weight excluding hydrogens is 289 g/mol. The van der Waals surface area contributed by atoms with E-state index < -0.39 is 11.2 Å². The van der Waals surface area contributed by atoms with Crippen molar-refractivity contribution in [1.82, 2.24) is 0 Å². The summed E-state index contributed by atoms with van der Waals surface area (Å²) in [6.07, 6.45) is -4.51. The summed E-state index contributed by atoms with van der Waals surface area (Å²) < 4.78 is 40.1. The Kier molecular flexibility index (Phi) is 2.69. The fraction of sp³-hybridized carbons (Fsp3) is 0.300. The molecule has 16 heavy (non-hydrogen) atoms. The Hall–Kier alpha value is -1.04. The Morgan fingerprint density at radius 3 is 2.69 bits per heavy atom. The number of Topliss-reactive ketones (excluding diaryl/α,β-unsaturated/α-hetero) is 1. The first-order valence-electron chi connectivity index (χ1n) is 4.44. The predicted octanol–water partition coefficient (Wildman–Crippen LogP) is 3.09. The Labute approximate surface area is 97.5 Å². The smallest absolute Gasteiger partial charge is 0.405 e. The first kappa shape index (κ1) is 11.4. The van der Waals surface area contributed by atoms with E-state index in [-0.39, 0.29) is 18.0 Å². The molecule has 0 saturated heterocycles. The fourth-order valence-corrected chi connectivity index (χ4v) is 2.24. The first-order chi connectivity index (χ1) is 7.38. The van der Waals surface area contributed by atoms with Gasteiger partial charge in [-0.3, -0.25) is 4.79 Å². The second-order valence-corrected chi connectivity index (χ2v) is 4.47. The zero-order valence-electron chi connectivity index (χ0n) is 7.84. The maximum absolute atomic E-state index is 12.1. The van der Waals surface area contributed by atoms with Gasteiger partial charge in [0.05, 0.1) is 4.83 Å². The van der Waals surface area contributed by atoms with Gasteiger partial charge in [0.15, 0.2) is 5.78 Å². The van der Waals surface area contributed by atoms with E-state index in [1.165, 1.54) is 18.2 Å². The summed E-state index contributed by atoms with van der Waals surface area (Å²) in [5.74, 6) is -0.497. The molecule has 0 N–H and O–H groups in total. The van der Waals surface area contributed by atoms with Gasteiger partial charge >= 0.3 is 6.36 Å². The van der Waals surface area contributed by atoms with Crippen molar-refractivity contribution >= 4 is 21.7 Å². The summed E-state index contributed by atoms with van der Waals surface area (Å²) in [5.41, 5.74) is 0.607. The molecule has 1 aromatic rings. The van der Waals surface area contributed by atoms with Crippen LogP contribution in [0, 0.1) is 0 Å². The lowest BCUT2D eigenvalue weighted by Gasteiger charge is -2.11. The summed E-state index contributed by atoms with van der Waals surface area (Å²) in [6, 6.07) is 4.09. The zero-order valence-corrected chi connectivity index (χ0v) is 9.43. The minimum Gasteiger partial charge on any atom is -0.405 e. The van der Waals surface area contributed by atoms with E-state index in [2.05, 4.69) is 20.7 Å². The molecule has 0 amide bonds. The van der Waals surface area contributed by atoms with Crippen LogP contribution in [0.4, 0.5) is 13.2 Å². The molecule has 0 aliphatic heterocycles. The summed E-state index contributed by atoms with van der Waals surface area (Å²) >= 11 is 3.11. The van der Waals surface area contributed by atoms with Gasteiger partial charge in [0.1, 0.15) is 5.75 Å². The van der Waals surface area contributed by atoms with Gasteiger partial charge in [-0.25, -0.2) is 0 Å². The highest BCUT2D eigenvalue weighted by atomic mass is 79.9. The maximum Gasteiger partial charge on any atom is 0.573 e. The second kappa shape index (κ2) is 3.76. The molecule has 0 radical (unpaired) electrons. The van der Waals surface area contributed by atoms with Gasteiger partial charge < -0.3 is 4.74 Å². The minimum atomic E-state index is -4.73. The number of fused-ring (bicyclic) bond motifs is 1. The molecule has 0 aromatic heterocycles. The molecule has 1 aliphatic carbocycles. The summed E-state index contributed by atoms with van der Waals surface area (Å²) in [5, 5.41) is 0. The Morgan fingerprint density at radius 1 is 1.38 bits per heavy atom. The molecule has 0 spiro atoms. The van der Waals surface area contributed by atoms with Gasteiger partial charge in [0.25, 0.3) is 0 Å². The number of halogens is 4.